The van der Waals surface area contributed by atoms with Crippen LogP contribution in [0.2, 0.25) is 0 Å². The molecular weight excluding hydrogens is 204 g/mol. The minimum absolute atomic E-state index is 0.0144. The van der Waals surface area contributed by atoms with Crippen molar-refractivity contribution in [1.82, 2.24) is 5.32 Å². The van der Waals surface area contributed by atoms with Gasteiger partial charge in [-0.15, -0.1) is 0 Å². The first-order valence-electron chi connectivity index (χ1n) is 5.27. The highest BCUT2D eigenvalue weighted by molar-refractivity contribution is 5.82. The van der Waals surface area contributed by atoms with E-state index in [2.05, 4.69) is 5.32 Å². The molecular formula is C12H16N2O2. The van der Waals surface area contributed by atoms with Gasteiger partial charge in [0.25, 0.3) is 0 Å². The summed E-state index contributed by atoms with van der Waals surface area (Å²) in [5, 5.41) is 2.84. The van der Waals surface area contributed by atoms with Crippen LogP contribution in [0.1, 0.15) is 25.6 Å². The molecule has 86 valence electrons. The fraction of sp³-hybridized carbons (Fsp3) is 0.417. The number of hydrogen-bond acceptors (Lipinski definition) is 3. The van der Waals surface area contributed by atoms with Crippen LogP contribution in [-0.2, 0) is 9.53 Å². The molecule has 3 N–H and O–H groups in total. The SMILES string of the molecule is CC1(C)COC(c2ccc(N)cc2)NC1=O. The lowest BCUT2D eigenvalue weighted by molar-refractivity contribution is -0.150. The third-order valence-electron chi connectivity index (χ3n) is 2.73. The summed E-state index contributed by atoms with van der Waals surface area (Å²) < 4.78 is 5.62. The summed E-state index contributed by atoms with van der Waals surface area (Å²) in [4.78, 5) is 11.8. The molecule has 1 saturated heterocycles. The molecule has 0 aromatic heterocycles. The van der Waals surface area contributed by atoms with Crippen molar-refractivity contribution < 1.29 is 9.53 Å². The molecule has 1 unspecified atom stereocenters. The molecule has 1 aromatic carbocycles. The number of nitrogens with two attached hydrogens (primary N) is 1. The van der Waals surface area contributed by atoms with Gasteiger partial charge in [-0.05, 0) is 26.0 Å². The molecule has 16 heavy (non-hydrogen) atoms. The molecule has 2 rings (SSSR count). The molecule has 0 spiro atoms. The van der Waals surface area contributed by atoms with Gasteiger partial charge >= 0.3 is 0 Å². The van der Waals surface area contributed by atoms with Crippen LogP contribution in [0.5, 0.6) is 0 Å². The molecule has 1 amide bonds. The number of ether oxygens (including phenoxy) is 1. The van der Waals surface area contributed by atoms with Crippen molar-refractivity contribution in [3.8, 4) is 0 Å². The number of rotatable bonds is 1. The first-order chi connectivity index (χ1) is 7.49. The van der Waals surface area contributed by atoms with E-state index in [0.717, 1.165) is 5.56 Å². The quantitative estimate of drug-likeness (QED) is 0.704. The van der Waals surface area contributed by atoms with Gasteiger partial charge in [-0.2, -0.15) is 0 Å². The third-order valence-corrected chi connectivity index (χ3v) is 2.73. The average molecular weight is 220 g/mol. The average Bonchev–Trinajstić information content (AvgIpc) is 2.24. The molecule has 0 saturated carbocycles. The fourth-order valence-corrected chi connectivity index (χ4v) is 1.56. The molecule has 0 bridgehead atoms. The number of carbonyl (C=O) groups is 1. The Labute approximate surface area is 94.8 Å². The zero-order valence-electron chi connectivity index (χ0n) is 9.49. The van der Waals surface area contributed by atoms with Crippen LogP contribution in [0.15, 0.2) is 24.3 Å². The van der Waals surface area contributed by atoms with E-state index in [4.69, 9.17) is 10.5 Å². The summed E-state index contributed by atoms with van der Waals surface area (Å²) in [6.07, 6.45) is -0.360. The van der Waals surface area contributed by atoms with Crippen LogP contribution < -0.4 is 11.1 Å². The van der Waals surface area contributed by atoms with Gasteiger partial charge in [0.15, 0.2) is 6.23 Å². The van der Waals surface area contributed by atoms with E-state index < -0.39 is 5.41 Å². The number of amides is 1. The van der Waals surface area contributed by atoms with Gasteiger partial charge in [0, 0.05) is 11.3 Å². The standard InChI is InChI=1S/C12H16N2O2/c1-12(2)7-16-10(14-11(12)15)8-3-5-9(13)6-4-8/h3-6,10H,7,13H2,1-2H3,(H,14,15). The molecule has 4 heteroatoms. The summed E-state index contributed by atoms with van der Waals surface area (Å²) in [6, 6.07) is 7.31. The molecule has 1 aliphatic rings. The van der Waals surface area contributed by atoms with Crippen molar-refractivity contribution in [3.63, 3.8) is 0 Å². The molecule has 0 radical (unpaired) electrons. The van der Waals surface area contributed by atoms with Crippen LogP contribution in [0.4, 0.5) is 5.69 Å². The maximum atomic E-state index is 11.8. The van der Waals surface area contributed by atoms with Crippen LogP contribution in [0.25, 0.3) is 0 Å². The zero-order valence-corrected chi connectivity index (χ0v) is 9.49. The monoisotopic (exact) mass is 220 g/mol. The molecule has 1 aromatic rings. The van der Waals surface area contributed by atoms with E-state index in [1.807, 2.05) is 26.0 Å². The molecule has 0 aliphatic carbocycles. The largest absolute Gasteiger partial charge is 0.399 e. The number of carbonyl (C=O) groups excluding carboxylic acids is 1. The number of benzene rings is 1. The van der Waals surface area contributed by atoms with E-state index >= 15 is 0 Å². The van der Waals surface area contributed by atoms with Crippen LogP contribution in [0, 0.1) is 5.41 Å². The Morgan fingerprint density at radius 1 is 1.38 bits per heavy atom. The van der Waals surface area contributed by atoms with Crippen molar-refractivity contribution in [1.29, 1.82) is 0 Å². The minimum atomic E-state index is -0.454. The Bertz CT molecular complexity index is 398. The number of hydrogen-bond donors (Lipinski definition) is 2. The Hall–Kier alpha value is -1.55. The van der Waals surface area contributed by atoms with Crippen molar-refractivity contribution in [2.45, 2.75) is 20.1 Å². The predicted molar refractivity (Wildman–Crippen MR) is 61.5 cm³/mol. The number of nitrogens with one attached hydrogen (secondary N) is 1. The highest BCUT2D eigenvalue weighted by atomic mass is 16.5. The van der Waals surface area contributed by atoms with Gasteiger partial charge in [0.2, 0.25) is 5.91 Å². The van der Waals surface area contributed by atoms with Crippen LogP contribution >= 0.6 is 0 Å². The Morgan fingerprint density at radius 2 is 2.00 bits per heavy atom. The summed E-state index contributed by atoms with van der Waals surface area (Å²) >= 11 is 0. The summed E-state index contributed by atoms with van der Waals surface area (Å²) in [5.41, 5.74) is 6.76. The van der Waals surface area contributed by atoms with Gasteiger partial charge in [0.1, 0.15) is 0 Å². The maximum Gasteiger partial charge on any atom is 0.230 e. The zero-order chi connectivity index (χ0) is 11.8. The van der Waals surface area contributed by atoms with Crippen molar-refractivity contribution >= 4 is 11.6 Å². The molecule has 1 aliphatic heterocycles. The Balaban J connectivity index is 2.14. The summed E-state index contributed by atoms with van der Waals surface area (Å²) in [7, 11) is 0. The van der Waals surface area contributed by atoms with Crippen LogP contribution in [-0.4, -0.2) is 12.5 Å². The molecule has 1 heterocycles. The topological polar surface area (TPSA) is 64.3 Å². The third kappa shape index (κ3) is 2.02. The maximum absolute atomic E-state index is 11.8. The van der Waals surface area contributed by atoms with Crippen molar-refractivity contribution in [2.24, 2.45) is 5.41 Å². The van der Waals surface area contributed by atoms with Crippen LogP contribution in [0.3, 0.4) is 0 Å². The van der Waals surface area contributed by atoms with E-state index in [-0.39, 0.29) is 12.1 Å². The lowest BCUT2D eigenvalue weighted by Crippen LogP contribution is -2.48. The number of anilines is 1. The second-order valence-electron chi connectivity index (χ2n) is 4.72. The lowest BCUT2D eigenvalue weighted by Gasteiger charge is -2.34. The van der Waals surface area contributed by atoms with E-state index in [1.54, 1.807) is 12.1 Å². The highest BCUT2D eigenvalue weighted by Gasteiger charge is 2.35. The number of nitrogen functional groups attached to an aromatic ring is 1. The Morgan fingerprint density at radius 3 is 2.56 bits per heavy atom. The van der Waals surface area contributed by atoms with Crippen molar-refractivity contribution in [2.75, 3.05) is 12.3 Å². The normalized spacial score (nSPS) is 23.9. The van der Waals surface area contributed by atoms with E-state index in [1.165, 1.54) is 0 Å². The first-order valence-corrected chi connectivity index (χ1v) is 5.27. The van der Waals surface area contributed by atoms with Gasteiger partial charge in [-0.3, -0.25) is 4.79 Å². The van der Waals surface area contributed by atoms with Gasteiger partial charge in [0.05, 0.1) is 12.0 Å². The Kier molecular flexibility index (Phi) is 2.59. The molecule has 1 atom stereocenters. The summed E-state index contributed by atoms with van der Waals surface area (Å²) in [6.45, 7) is 4.15. The smallest absolute Gasteiger partial charge is 0.230 e. The fourth-order valence-electron chi connectivity index (χ4n) is 1.56. The van der Waals surface area contributed by atoms with Gasteiger partial charge in [-0.25, -0.2) is 0 Å². The van der Waals surface area contributed by atoms with E-state index in [0.29, 0.717) is 12.3 Å². The van der Waals surface area contributed by atoms with Gasteiger partial charge < -0.3 is 15.8 Å². The first kappa shape index (κ1) is 11.0. The minimum Gasteiger partial charge on any atom is -0.399 e. The summed E-state index contributed by atoms with van der Waals surface area (Å²) in [5.74, 6) is 0.0144. The molecule has 4 nitrogen and oxygen atoms in total. The van der Waals surface area contributed by atoms with Gasteiger partial charge in [-0.1, -0.05) is 12.1 Å². The predicted octanol–water partition coefficient (Wildman–Crippen LogP) is 1.44. The second-order valence-corrected chi connectivity index (χ2v) is 4.72. The second kappa shape index (κ2) is 3.79. The van der Waals surface area contributed by atoms with Crippen molar-refractivity contribution in [3.05, 3.63) is 29.8 Å². The lowest BCUT2D eigenvalue weighted by atomic mass is 9.92. The molecule has 1 fully saturated rings. The highest BCUT2D eigenvalue weighted by Crippen LogP contribution is 2.27. The van der Waals surface area contributed by atoms with E-state index in [9.17, 15) is 4.79 Å².